The van der Waals surface area contributed by atoms with Gasteiger partial charge in [0.1, 0.15) is 5.72 Å². The van der Waals surface area contributed by atoms with Crippen LogP contribution in [0.25, 0.3) is 0 Å². The highest BCUT2D eigenvalue weighted by atomic mass is 35.5. The van der Waals surface area contributed by atoms with Crippen LogP contribution >= 0.6 is 12.4 Å². The molecular weight excluding hydrogens is 200 g/mol. The molecular formula is C10H21ClN2O. The molecule has 2 heterocycles. The quantitative estimate of drug-likeness (QED) is 0.695. The van der Waals surface area contributed by atoms with Crippen molar-refractivity contribution in [2.45, 2.75) is 38.5 Å². The lowest BCUT2D eigenvalue weighted by Crippen LogP contribution is -2.61. The third-order valence-corrected chi connectivity index (χ3v) is 3.19. The van der Waals surface area contributed by atoms with Crippen molar-refractivity contribution in [1.82, 2.24) is 10.6 Å². The lowest BCUT2D eigenvalue weighted by Gasteiger charge is -2.41. The summed E-state index contributed by atoms with van der Waals surface area (Å²) in [6.07, 6.45) is 2.51. The molecule has 2 N–H and O–H groups in total. The van der Waals surface area contributed by atoms with Crippen LogP contribution in [0.5, 0.6) is 0 Å². The number of hydrogen-bond donors (Lipinski definition) is 2. The third-order valence-electron chi connectivity index (χ3n) is 3.19. The maximum Gasteiger partial charge on any atom is 0.131 e. The second-order valence-electron chi connectivity index (χ2n) is 4.55. The molecule has 0 radical (unpaired) electrons. The van der Waals surface area contributed by atoms with E-state index in [9.17, 15) is 0 Å². The number of rotatable bonds is 1. The van der Waals surface area contributed by atoms with Crippen LogP contribution in [0, 0.1) is 5.92 Å². The molecule has 0 spiro atoms. The van der Waals surface area contributed by atoms with Crippen LogP contribution < -0.4 is 10.6 Å². The van der Waals surface area contributed by atoms with Crippen LogP contribution in [0.1, 0.15) is 26.7 Å². The number of halogens is 1. The van der Waals surface area contributed by atoms with E-state index in [2.05, 4.69) is 24.5 Å². The highest BCUT2D eigenvalue weighted by molar-refractivity contribution is 5.85. The molecule has 2 aliphatic heterocycles. The fourth-order valence-corrected chi connectivity index (χ4v) is 2.18. The van der Waals surface area contributed by atoms with Crippen LogP contribution in [0.4, 0.5) is 0 Å². The van der Waals surface area contributed by atoms with Crippen LogP contribution in [-0.2, 0) is 4.74 Å². The molecule has 2 rings (SSSR count). The summed E-state index contributed by atoms with van der Waals surface area (Å²) in [5, 5.41) is 7.00. The summed E-state index contributed by atoms with van der Waals surface area (Å²) in [4.78, 5) is 0. The van der Waals surface area contributed by atoms with Crippen LogP contribution in [0.3, 0.4) is 0 Å². The second kappa shape index (κ2) is 4.79. The van der Waals surface area contributed by atoms with Gasteiger partial charge in [-0.15, -0.1) is 12.4 Å². The average molecular weight is 221 g/mol. The van der Waals surface area contributed by atoms with Gasteiger partial charge in [-0.25, -0.2) is 0 Å². The van der Waals surface area contributed by atoms with Gasteiger partial charge >= 0.3 is 0 Å². The van der Waals surface area contributed by atoms with Crippen molar-refractivity contribution in [2.75, 3.05) is 19.7 Å². The average Bonchev–Trinajstić information content (AvgIpc) is 2.63. The standard InChI is InChI=1S/C10H20N2O.ClH/c1-8-6-12-10(2,13-7-8)9-4-3-5-11-9;/h8-9,11-12H,3-7H2,1-2H3;1H. The zero-order valence-electron chi connectivity index (χ0n) is 9.01. The Morgan fingerprint density at radius 3 is 2.71 bits per heavy atom. The van der Waals surface area contributed by atoms with Crippen molar-refractivity contribution >= 4 is 12.4 Å². The molecule has 3 unspecified atom stereocenters. The van der Waals surface area contributed by atoms with E-state index < -0.39 is 0 Å². The fraction of sp³-hybridized carbons (Fsp3) is 1.00. The lowest BCUT2D eigenvalue weighted by molar-refractivity contribution is -0.118. The van der Waals surface area contributed by atoms with Gasteiger partial charge in [0.05, 0.1) is 6.61 Å². The minimum atomic E-state index is -0.122. The largest absolute Gasteiger partial charge is 0.359 e. The number of nitrogens with one attached hydrogen (secondary N) is 2. The first-order chi connectivity index (χ1) is 6.21. The predicted molar refractivity (Wildman–Crippen MR) is 59.8 cm³/mol. The van der Waals surface area contributed by atoms with Gasteiger partial charge in [-0.3, -0.25) is 5.32 Å². The molecule has 0 bridgehead atoms. The van der Waals surface area contributed by atoms with Gasteiger partial charge in [0.15, 0.2) is 0 Å². The van der Waals surface area contributed by atoms with Gasteiger partial charge in [0.25, 0.3) is 0 Å². The van der Waals surface area contributed by atoms with E-state index in [0.717, 1.165) is 19.7 Å². The minimum absolute atomic E-state index is 0. The van der Waals surface area contributed by atoms with Gasteiger partial charge in [-0.2, -0.15) is 0 Å². The SMILES string of the molecule is CC1CNC(C)(C2CCCN2)OC1.Cl. The molecule has 0 aromatic heterocycles. The van der Waals surface area contributed by atoms with Crippen molar-refractivity contribution in [1.29, 1.82) is 0 Å². The van der Waals surface area contributed by atoms with E-state index in [1.165, 1.54) is 12.8 Å². The van der Waals surface area contributed by atoms with Gasteiger partial charge in [-0.05, 0) is 32.2 Å². The zero-order chi connectivity index (χ0) is 9.31. The summed E-state index contributed by atoms with van der Waals surface area (Å²) in [6.45, 7) is 7.49. The zero-order valence-corrected chi connectivity index (χ0v) is 9.82. The van der Waals surface area contributed by atoms with Crippen molar-refractivity contribution in [3.8, 4) is 0 Å². The Labute approximate surface area is 92.4 Å². The first-order valence-electron chi connectivity index (χ1n) is 5.33. The lowest BCUT2D eigenvalue weighted by atomic mass is 10.0. The monoisotopic (exact) mass is 220 g/mol. The van der Waals surface area contributed by atoms with Crippen molar-refractivity contribution in [3.63, 3.8) is 0 Å². The van der Waals surface area contributed by atoms with Gasteiger partial charge in [0.2, 0.25) is 0 Å². The van der Waals surface area contributed by atoms with Crippen LogP contribution in [-0.4, -0.2) is 31.5 Å². The molecule has 84 valence electrons. The first-order valence-corrected chi connectivity index (χ1v) is 5.33. The van der Waals surface area contributed by atoms with Gasteiger partial charge < -0.3 is 10.1 Å². The molecule has 2 aliphatic rings. The van der Waals surface area contributed by atoms with E-state index in [4.69, 9.17) is 4.74 Å². The molecule has 2 fully saturated rings. The molecule has 4 heteroatoms. The molecule has 0 saturated carbocycles. The van der Waals surface area contributed by atoms with Crippen LogP contribution in [0.15, 0.2) is 0 Å². The Hall–Kier alpha value is 0.170. The van der Waals surface area contributed by atoms with Crippen LogP contribution in [0.2, 0.25) is 0 Å². The molecule has 2 saturated heterocycles. The van der Waals surface area contributed by atoms with E-state index in [-0.39, 0.29) is 18.1 Å². The summed E-state index contributed by atoms with van der Waals surface area (Å²) < 4.78 is 5.89. The number of ether oxygens (including phenoxy) is 1. The van der Waals surface area contributed by atoms with Crippen molar-refractivity contribution in [3.05, 3.63) is 0 Å². The maximum atomic E-state index is 5.89. The Bertz CT molecular complexity index is 175. The van der Waals surface area contributed by atoms with E-state index in [1.54, 1.807) is 0 Å². The molecule has 3 atom stereocenters. The molecule has 0 aliphatic carbocycles. The van der Waals surface area contributed by atoms with Gasteiger partial charge in [-0.1, -0.05) is 6.92 Å². The number of hydrogen-bond acceptors (Lipinski definition) is 3. The molecule has 3 nitrogen and oxygen atoms in total. The second-order valence-corrected chi connectivity index (χ2v) is 4.55. The molecule has 0 amide bonds. The minimum Gasteiger partial charge on any atom is -0.359 e. The topological polar surface area (TPSA) is 33.3 Å². The highest BCUT2D eigenvalue weighted by Gasteiger charge is 2.39. The Balaban J connectivity index is 0.000000980. The molecule has 0 aromatic rings. The summed E-state index contributed by atoms with van der Waals surface area (Å²) in [6, 6.07) is 0.500. The summed E-state index contributed by atoms with van der Waals surface area (Å²) in [5.41, 5.74) is -0.122. The highest BCUT2D eigenvalue weighted by Crippen LogP contribution is 2.24. The van der Waals surface area contributed by atoms with E-state index >= 15 is 0 Å². The Morgan fingerprint density at radius 2 is 2.21 bits per heavy atom. The summed E-state index contributed by atoms with van der Waals surface area (Å²) in [7, 11) is 0. The first kappa shape index (κ1) is 12.2. The normalized spacial score (nSPS) is 43.3. The third kappa shape index (κ3) is 2.40. The Kier molecular flexibility index (Phi) is 4.19. The van der Waals surface area contributed by atoms with Crippen molar-refractivity contribution in [2.24, 2.45) is 5.92 Å². The summed E-state index contributed by atoms with van der Waals surface area (Å²) in [5.74, 6) is 0.648. The predicted octanol–water partition coefficient (Wildman–Crippen LogP) is 1.13. The van der Waals surface area contributed by atoms with Gasteiger partial charge in [0, 0.05) is 12.6 Å². The summed E-state index contributed by atoms with van der Waals surface area (Å²) >= 11 is 0. The van der Waals surface area contributed by atoms with E-state index in [0.29, 0.717) is 12.0 Å². The Morgan fingerprint density at radius 1 is 1.43 bits per heavy atom. The van der Waals surface area contributed by atoms with Crippen molar-refractivity contribution < 1.29 is 4.74 Å². The molecule has 0 aromatic carbocycles. The fourth-order valence-electron chi connectivity index (χ4n) is 2.18. The smallest absolute Gasteiger partial charge is 0.131 e. The molecule has 14 heavy (non-hydrogen) atoms. The van der Waals surface area contributed by atoms with E-state index in [1.807, 2.05) is 0 Å². The maximum absolute atomic E-state index is 5.89.